The molecule has 11 atom stereocenters. The topological polar surface area (TPSA) is 168 Å². The van der Waals surface area contributed by atoms with Crippen molar-refractivity contribution in [2.75, 3.05) is 13.2 Å². The number of carbonyl (C=O) groups is 3. The molecule has 11 unspecified atom stereocenters. The van der Waals surface area contributed by atoms with Crippen LogP contribution in [0.2, 0.25) is 0 Å². The molecule has 54 heavy (non-hydrogen) atoms. The van der Waals surface area contributed by atoms with Crippen LogP contribution >= 0.6 is 0 Å². The van der Waals surface area contributed by atoms with Crippen molar-refractivity contribution in [3.05, 3.63) is 41.5 Å². The molecule has 2 saturated carbocycles. The van der Waals surface area contributed by atoms with Gasteiger partial charge in [0.25, 0.3) is 0 Å². The maximum absolute atomic E-state index is 14.8. The van der Waals surface area contributed by atoms with Gasteiger partial charge in [0.15, 0.2) is 11.8 Å². The van der Waals surface area contributed by atoms with Gasteiger partial charge in [0.1, 0.15) is 35.9 Å². The molecule has 1 aromatic rings. The third-order valence-electron chi connectivity index (χ3n) is 12.4. The summed E-state index contributed by atoms with van der Waals surface area (Å²) in [4.78, 5) is 48.9. The number of esters is 1. The monoisotopic (exact) mass is 753 g/mol. The van der Waals surface area contributed by atoms with Gasteiger partial charge in [0.05, 0.1) is 31.5 Å². The van der Waals surface area contributed by atoms with Crippen LogP contribution in [-0.2, 0) is 44.7 Å². The first-order chi connectivity index (χ1) is 26.1. The number of benzene rings is 1. The number of fused-ring (bicyclic) bond motifs is 5. The lowest BCUT2D eigenvalue weighted by molar-refractivity contribution is -0.224. The number of carbonyl (C=O) groups excluding carboxylic acids is 3. The fraction of sp³-hybridized carbons (Fsp3) is 0.732. The van der Waals surface area contributed by atoms with E-state index in [1.54, 1.807) is 5.06 Å². The van der Waals surface area contributed by atoms with E-state index in [2.05, 4.69) is 42.7 Å². The molecular formula is C41H59N3O10. The Morgan fingerprint density at radius 1 is 1.04 bits per heavy atom. The lowest BCUT2D eigenvalue weighted by Crippen LogP contribution is -2.71. The van der Waals surface area contributed by atoms with E-state index in [1.807, 2.05) is 18.2 Å². The number of aliphatic hydroxyl groups is 2. The van der Waals surface area contributed by atoms with Gasteiger partial charge >= 0.3 is 5.97 Å². The van der Waals surface area contributed by atoms with Crippen LogP contribution in [0.15, 0.2) is 30.3 Å². The molecule has 4 heterocycles. The summed E-state index contributed by atoms with van der Waals surface area (Å²) in [6, 6.07) is 5.55. The number of hydroxylamine groups is 2. The Kier molecular flexibility index (Phi) is 12.1. The van der Waals surface area contributed by atoms with E-state index >= 15 is 0 Å². The molecule has 2 bridgehead atoms. The Bertz CT molecular complexity index is 1530. The molecular weight excluding hydrogens is 694 g/mol. The minimum atomic E-state index is -1.51. The molecule has 4 aliphatic heterocycles. The molecule has 0 spiro atoms. The lowest BCUT2D eigenvalue weighted by Gasteiger charge is -2.49. The minimum absolute atomic E-state index is 0.0447. The van der Waals surface area contributed by atoms with E-state index in [1.165, 1.54) is 6.92 Å². The van der Waals surface area contributed by atoms with Crippen molar-refractivity contribution in [3.8, 4) is 0 Å². The summed E-state index contributed by atoms with van der Waals surface area (Å²) < 4.78 is 25.7. The molecule has 4 saturated heterocycles. The largest absolute Gasteiger partial charge is 0.458 e. The highest BCUT2D eigenvalue weighted by Crippen LogP contribution is 2.58. The van der Waals surface area contributed by atoms with Gasteiger partial charge in [0, 0.05) is 25.8 Å². The number of rotatable bonds is 18. The zero-order chi connectivity index (χ0) is 38.0. The van der Waals surface area contributed by atoms with Gasteiger partial charge in [-0.3, -0.25) is 19.2 Å². The zero-order valence-corrected chi connectivity index (χ0v) is 32.0. The third-order valence-corrected chi connectivity index (χ3v) is 12.4. The van der Waals surface area contributed by atoms with Gasteiger partial charge in [-0.2, -0.15) is 5.06 Å². The summed E-state index contributed by atoms with van der Waals surface area (Å²) in [6.07, 6.45) is 11.5. The van der Waals surface area contributed by atoms with Gasteiger partial charge in [-0.1, -0.05) is 75.9 Å². The van der Waals surface area contributed by atoms with Crippen molar-refractivity contribution in [3.63, 3.8) is 0 Å². The number of allylic oxidation sites excluding steroid dienone is 1. The number of nitrogens with one attached hydrogen (secondary N) is 2. The number of aliphatic hydroxyl groups excluding tert-OH is 2. The minimum Gasteiger partial charge on any atom is -0.458 e. The van der Waals surface area contributed by atoms with Crippen molar-refractivity contribution >= 4 is 23.9 Å². The van der Waals surface area contributed by atoms with Crippen LogP contribution < -0.4 is 10.6 Å². The van der Waals surface area contributed by atoms with Crippen LogP contribution in [0.5, 0.6) is 0 Å². The Hall–Kier alpha value is -2.91. The van der Waals surface area contributed by atoms with Gasteiger partial charge in [-0.15, -0.1) is 0 Å². The van der Waals surface area contributed by atoms with Crippen LogP contribution in [0.4, 0.5) is 0 Å². The van der Waals surface area contributed by atoms with Crippen molar-refractivity contribution in [1.82, 2.24) is 15.7 Å². The number of hydrogen-bond donors (Lipinski definition) is 4. The molecule has 2 amide bonds. The quantitative estimate of drug-likeness (QED) is 0.0981. The van der Waals surface area contributed by atoms with Crippen LogP contribution in [0.25, 0.3) is 6.08 Å². The number of unbranched alkanes of at least 4 members (excludes halogenated alkanes) is 4. The SMILES string of the molecule is CCCCCC1(CCCCC)OC2C3CC4(C(=O)NC(C(=O)NCCO)C(C)O)C(ON(Cc5cccc(C=CC6CCC7OC7C6)c5)C4C(=O)O3)C2O1. The number of nitrogens with zero attached hydrogens (tertiary/aromatic N) is 1. The van der Waals surface area contributed by atoms with E-state index < -0.39 is 71.6 Å². The van der Waals surface area contributed by atoms with Crippen LogP contribution in [0.3, 0.4) is 0 Å². The predicted molar refractivity (Wildman–Crippen MR) is 197 cm³/mol. The maximum Gasteiger partial charge on any atom is 0.327 e. The predicted octanol–water partition coefficient (Wildman–Crippen LogP) is 3.68. The highest BCUT2D eigenvalue weighted by Gasteiger charge is 2.76. The van der Waals surface area contributed by atoms with Crippen LogP contribution in [0.1, 0.15) is 109 Å². The fourth-order valence-corrected chi connectivity index (χ4v) is 9.50. The first-order valence-corrected chi connectivity index (χ1v) is 20.4. The standard InChI is InChI=1S/C41H59N3O10/c1-4-6-8-17-40(18-9-7-5-2)52-33-31-23-41(39(49)43-32(25(3)46)37(47)42-19-20-45)35(38(48)51-31)44(54-36(41)34(33)53-40)24-28-12-10-11-26(21-28)13-14-27-15-16-29-30(22-27)50-29/h10-14,21,25,27,29-36,45-46H,4-9,15-20,22-24H2,1-3H3,(H,42,47)(H,43,49). The van der Waals surface area contributed by atoms with E-state index in [0.29, 0.717) is 31.0 Å². The summed E-state index contributed by atoms with van der Waals surface area (Å²) in [5, 5.41) is 26.9. The van der Waals surface area contributed by atoms with Gasteiger partial charge in [-0.25, -0.2) is 0 Å². The maximum atomic E-state index is 14.8. The summed E-state index contributed by atoms with van der Waals surface area (Å²) in [5.41, 5.74) is 0.389. The average Bonchev–Trinajstić information content (AvgIpc) is 3.70. The third kappa shape index (κ3) is 7.87. The highest BCUT2D eigenvalue weighted by molar-refractivity contribution is 5.96. The zero-order valence-electron chi connectivity index (χ0n) is 32.0. The fourth-order valence-electron chi connectivity index (χ4n) is 9.50. The molecule has 6 aliphatic rings. The van der Waals surface area contributed by atoms with E-state index in [0.717, 1.165) is 68.9 Å². The Morgan fingerprint density at radius 3 is 2.50 bits per heavy atom. The molecule has 1 aromatic carbocycles. The first kappa shape index (κ1) is 39.3. The highest BCUT2D eigenvalue weighted by atomic mass is 16.8. The van der Waals surface area contributed by atoms with E-state index in [-0.39, 0.29) is 26.1 Å². The molecule has 6 fully saturated rings. The molecule has 7 rings (SSSR count). The number of ether oxygens (including phenoxy) is 4. The van der Waals surface area contributed by atoms with E-state index in [4.69, 9.17) is 23.8 Å². The van der Waals surface area contributed by atoms with Gasteiger partial charge in [0.2, 0.25) is 11.8 Å². The number of hydrogen-bond acceptors (Lipinski definition) is 11. The number of amides is 2. The normalized spacial score (nSPS) is 34.5. The lowest BCUT2D eigenvalue weighted by atomic mass is 9.62. The molecule has 0 radical (unpaired) electrons. The van der Waals surface area contributed by atoms with E-state index in [9.17, 15) is 24.6 Å². The smallest absolute Gasteiger partial charge is 0.327 e. The summed E-state index contributed by atoms with van der Waals surface area (Å²) >= 11 is 0. The number of epoxide rings is 1. The van der Waals surface area contributed by atoms with Crippen LogP contribution in [0, 0.1) is 11.3 Å². The Balaban J connectivity index is 1.19. The van der Waals surface area contributed by atoms with Gasteiger partial charge in [-0.05, 0) is 56.1 Å². The summed E-state index contributed by atoms with van der Waals surface area (Å²) in [6.45, 7) is 5.55. The summed E-state index contributed by atoms with van der Waals surface area (Å²) in [5.74, 6) is -2.29. The van der Waals surface area contributed by atoms with Crippen molar-refractivity contribution < 1.29 is 48.4 Å². The Labute approximate surface area is 318 Å². The van der Waals surface area contributed by atoms with Crippen molar-refractivity contribution in [1.29, 1.82) is 0 Å². The molecule has 298 valence electrons. The van der Waals surface area contributed by atoms with Crippen molar-refractivity contribution in [2.24, 2.45) is 11.3 Å². The van der Waals surface area contributed by atoms with Crippen molar-refractivity contribution in [2.45, 2.75) is 165 Å². The molecule has 13 heteroatoms. The molecule has 0 aromatic heterocycles. The van der Waals surface area contributed by atoms with Crippen LogP contribution in [-0.4, -0.2) is 107 Å². The molecule has 4 N–H and O–H groups in total. The average molecular weight is 754 g/mol. The Morgan fingerprint density at radius 2 is 1.80 bits per heavy atom. The summed E-state index contributed by atoms with van der Waals surface area (Å²) in [7, 11) is 0. The van der Waals surface area contributed by atoms with Gasteiger partial charge < -0.3 is 39.8 Å². The molecule has 13 nitrogen and oxygen atoms in total. The second kappa shape index (κ2) is 16.7. The first-order valence-electron chi connectivity index (χ1n) is 20.4. The molecule has 2 aliphatic carbocycles. The second-order valence-corrected chi connectivity index (χ2v) is 16.3. The second-order valence-electron chi connectivity index (χ2n) is 16.3.